The summed E-state index contributed by atoms with van der Waals surface area (Å²) in [5, 5.41) is 2.35. The summed E-state index contributed by atoms with van der Waals surface area (Å²) in [4.78, 5) is 12.4. The number of ketones is 1. The third kappa shape index (κ3) is 2.48. The molecular formula is C19H16O. The zero-order chi connectivity index (χ0) is 13.9. The van der Waals surface area contributed by atoms with Crippen molar-refractivity contribution in [1.82, 2.24) is 0 Å². The molecule has 0 radical (unpaired) electrons. The molecule has 0 unspecified atom stereocenters. The Kier molecular flexibility index (Phi) is 3.34. The molecule has 3 rings (SSSR count). The van der Waals surface area contributed by atoms with E-state index in [0.29, 0.717) is 6.42 Å². The monoisotopic (exact) mass is 260 g/mol. The van der Waals surface area contributed by atoms with Crippen molar-refractivity contribution in [2.24, 2.45) is 0 Å². The zero-order valence-electron chi connectivity index (χ0n) is 11.5. The van der Waals surface area contributed by atoms with Crippen molar-refractivity contribution in [1.29, 1.82) is 0 Å². The van der Waals surface area contributed by atoms with Crippen molar-refractivity contribution >= 4 is 16.6 Å². The highest BCUT2D eigenvalue weighted by atomic mass is 16.1. The zero-order valence-corrected chi connectivity index (χ0v) is 11.5. The molecule has 3 aromatic rings. The van der Waals surface area contributed by atoms with Crippen molar-refractivity contribution in [3.8, 4) is 0 Å². The van der Waals surface area contributed by atoms with Gasteiger partial charge in [0.15, 0.2) is 5.78 Å². The van der Waals surface area contributed by atoms with E-state index in [0.717, 1.165) is 22.1 Å². The van der Waals surface area contributed by atoms with Gasteiger partial charge in [0, 0.05) is 12.0 Å². The lowest BCUT2D eigenvalue weighted by Crippen LogP contribution is -2.04. The van der Waals surface area contributed by atoms with Crippen molar-refractivity contribution in [2.75, 3.05) is 0 Å². The number of Topliss-reactive ketones (excluding diaryl/α,β-unsaturated/α-hetero) is 1. The molecule has 0 aliphatic carbocycles. The van der Waals surface area contributed by atoms with Gasteiger partial charge in [0.25, 0.3) is 0 Å². The maximum Gasteiger partial charge on any atom is 0.167 e. The molecule has 0 saturated carbocycles. The van der Waals surface area contributed by atoms with E-state index in [2.05, 4.69) is 18.2 Å². The summed E-state index contributed by atoms with van der Waals surface area (Å²) < 4.78 is 0. The van der Waals surface area contributed by atoms with Gasteiger partial charge in [-0.15, -0.1) is 0 Å². The van der Waals surface area contributed by atoms with Gasteiger partial charge in [-0.05, 0) is 29.3 Å². The fourth-order valence-electron chi connectivity index (χ4n) is 2.54. The molecule has 0 aromatic heterocycles. The molecule has 0 spiro atoms. The van der Waals surface area contributed by atoms with E-state index in [-0.39, 0.29) is 5.78 Å². The Morgan fingerprint density at radius 2 is 1.65 bits per heavy atom. The average molecular weight is 260 g/mol. The Bertz CT molecular complexity index is 766. The maximum absolute atomic E-state index is 12.4. The third-order valence-electron chi connectivity index (χ3n) is 3.57. The predicted molar refractivity (Wildman–Crippen MR) is 83.2 cm³/mol. The molecule has 0 heterocycles. The number of carbonyl (C=O) groups is 1. The second-order valence-electron chi connectivity index (χ2n) is 5.11. The lowest BCUT2D eigenvalue weighted by molar-refractivity contribution is 0.0993. The minimum atomic E-state index is 0.171. The lowest BCUT2D eigenvalue weighted by Gasteiger charge is -2.06. The summed E-state index contributed by atoms with van der Waals surface area (Å²) in [5.74, 6) is 0.171. The maximum atomic E-state index is 12.4. The molecular weight excluding hydrogens is 244 g/mol. The first-order valence-corrected chi connectivity index (χ1v) is 6.80. The van der Waals surface area contributed by atoms with Gasteiger partial charge in [-0.1, -0.05) is 66.2 Å². The lowest BCUT2D eigenvalue weighted by atomic mass is 9.97. The molecule has 0 aliphatic heterocycles. The van der Waals surface area contributed by atoms with E-state index in [1.165, 1.54) is 5.39 Å². The van der Waals surface area contributed by atoms with Crippen LogP contribution in [0.25, 0.3) is 10.8 Å². The Morgan fingerprint density at radius 3 is 2.50 bits per heavy atom. The molecule has 3 aromatic carbocycles. The van der Waals surface area contributed by atoms with E-state index in [9.17, 15) is 4.79 Å². The van der Waals surface area contributed by atoms with Crippen LogP contribution in [0.2, 0.25) is 0 Å². The minimum absolute atomic E-state index is 0.171. The van der Waals surface area contributed by atoms with Crippen LogP contribution in [0.15, 0.2) is 66.7 Å². The predicted octanol–water partition coefficient (Wildman–Crippen LogP) is 4.57. The second kappa shape index (κ2) is 5.30. The topological polar surface area (TPSA) is 17.1 Å². The van der Waals surface area contributed by atoms with E-state index >= 15 is 0 Å². The largest absolute Gasteiger partial charge is 0.294 e. The van der Waals surface area contributed by atoms with Gasteiger partial charge < -0.3 is 0 Å². The number of hydrogen-bond acceptors (Lipinski definition) is 1. The molecule has 0 N–H and O–H groups in total. The Balaban J connectivity index is 1.95. The van der Waals surface area contributed by atoms with Gasteiger partial charge >= 0.3 is 0 Å². The summed E-state index contributed by atoms with van der Waals surface area (Å²) in [6.45, 7) is 2.01. The van der Waals surface area contributed by atoms with E-state index in [1.807, 2.05) is 55.5 Å². The van der Waals surface area contributed by atoms with Gasteiger partial charge in [0.2, 0.25) is 0 Å². The minimum Gasteiger partial charge on any atom is -0.294 e. The molecule has 0 bridgehead atoms. The molecule has 20 heavy (non-hydrogen) atoms. The highest BCUT2D eigenvalue weighted by Gasteiger charge is 2.09. The third-order valence-corrected chi connectivity index (χ3v) is 3.57. The van der Waals surface area contributed by atoms with Gasteiger partial charge in [-0.2, -0.15) is 0 Å². The highest BCUT2D eigenvalue weighted by molar-refractivity contribution is 6.00. The standard InChI is InChI=1S/C19H16O/c1-14-6-4-10-17(12-14)19(20)13-16-9-5-8-15-7-2-3-11-18(15)16/h2-12H,13H2,1H3. The normalized spacial score (nSPS) is 10.7. The van der Waals surface area contributed by atoms with E-state index in [1.54, 1.807) is 0 Å². The second-order valence-corrected chi connectivity index (χ2v) is 5.11. The van der Waals surface area contributed by atoms with Crippen LogP contribution in [0.3, 0.4) is 0 Å². The van der Waals surface area contributed by atoms with Crippen molar-refractivity contribution in [3.05, 3.63) is 83.4 Å². The van der Waals surface area contributed by atoms with Gasteiger partial charge in [-0.25, -0.2) is 0 Å². The number of aryl methyl sites for hydroxylation is 1. The number of carbonyl (C=O) groups excluding carboxylic acids is 1. The molecule has 1 nitrogen and oxygen atoms in total. The van der Waals surface area contributed by atoms with Crippen LogP contribution in [0.1, 0.15) is 21.5 Å². The highest BCUT2D eigenvalue weighted by Crippen LogP contribution is 2.20. The van der Waals surface area contributed by atoms with Gasteiger partial charge in [-0.3, -0.25) is 4.79 Å². The molecule has 0 saturated heterocycles. The Hall–Kier alpha value is -2.41. The molecule has 98 valence electrons. The molecule has 0 amide bonds. The van der Waals surface area contributed by atoms with Crippen LogP contribution in [0.5, 0.6) is 0 Å². The average Bonchev–Trinajstić information content (AvgIpc) is 2.47. The van der Waals surface area contributed by atoms with Crippen LogP contribution in [-0.4, -0.2) is 5.78 Å². The Labute approximate surface area is 118 Å². The number of hydrogen-bond donors (Lipinski definition) is 0. The van der Waals surface area contributed by atoms with E-state index in [4.69, 9.17) is 0 Å². The van der Waals surface area contributed by atoms with Gasteiger partial charge in [0.05, 0.1) is 0 Å². The molecule has 1 heteroatoms. The fraction of sp³-hybridized carbons (Fsp3) is 0.105. The Morgan fingerprint density at radius 1 is 0.900 bits per heavy atom. The summed E-state index contributed by atoms with van der Waals surface area (Å²) in [6, 6.07) is 22.1. The first-order chi connectivity index (χ1) is 9.74. The molecule has 0 fully saturated rings. The van der Waals surface area contributed by atoms with Crippen LogP contribution in [0.4, 0.5) is 0 Å². The van der Waals surface area contributed by atoms with Crippen molar-refractivity contribution in [2.45, 2.75) is 13.3 Å². The quantitative estimate of drug-likeness (QED) is 0.630. The number of fused-ring (bicyclic) bond motifs is 1. The molecule has 0 aliphatic rings. The molecule has 0 atom stereocenters. The van der Waals surface area contributed by atoms with Gasteiger partial charge in [0.1, 0.15) is 0 Å². The first kappa shape index (κ1) is 12.6. The van der Waals surface area contributed by atoms with E-state index < -0.39 is 0 Å². The smallest absolute Gasteiger partial charge is 0.167 e. The summed E-state index contributed by atoms with van der Waals surface area (Å²) in [6.07, 6.45) is 0.449. The summed E-state index contributed by atoms with van der Waals surface area (Å²) in [5.41, 5.74) is 3.00. The van der Waals surface area contributed by atoms with Crippen molar-refractivity contribution in [3.63, 3.8) is 0 Å². The van der Waals surface area contributed by atoms with Crippen molar-refractivity contribution < 1.29 is 4.79 Å². The first-order valence-electron chi connectivity index (χ1n) is 6.80. The number of benzene rings is 3. The number of rotatable bonds is 3. The summed E-state index contributed by atoms with van der Waals surface area (Å²) in [7, 11) is 0. The van der Waals surface area contributed by atoms with Crippen LogP contribution in [0, 0.1) is 6.92 Å². The van der Waals surface area contributed by atoms with Crippen LogP contribution in [-0.2, 0) is 6.42 Å². The fourth-order valence-corrected chi connectivity index (χ4v) is 2.54. The SMILES string of the molecule is Cc1cccc(C(=O)Cc2cccc3ccccc23)c1. The summed E-state index contributed by atoms with van der Waals surface area (Å²) >= 11 is 0. The van der Waals surface area contributed by atoms with Crippen LogP contribution < -0.4 is 0 Å². The van der Waals surface area contributed by atoms with Crippen LogP contribution >= 0.6 is 0 Å².